The molecule has 0 aliphatic heterocycles. The second-order valence-electron chi connectivity index (χ2n) is 6.06. The molecule has 0 spiro atoms. The van der Waals surface area contributed by atoms with Crippen LogP contribution in [0.25, 0.3) is 0 Å². The molecule has 1 amide bonds. The van der Waals surface area contributed by atoms with Crippen LogP contribution >= 0.6 is 22.9 Å². The highest BCUT2D eigenvalue weighted by atomic mass is 35.5. The Morgan fingerprint density at radius 1 is 1.29 bits per heavy atom. The minimum absolute atomic E-state index is 0.0682. The molecule has 1 aromatic heterocycles. The van der Waals surface area contributed by atoms with Gasteiger partial charge >= 0.3 is 0 Å². The average molecular weight is 324 g/mol. The van der Waals surface area contributed by atoms with E-state index in [1.54, 1.807) is 0 Å². The summed E-state index contributed by atoms with van der Waals surface area (Å²) in [6.07, 6.45) is 0.829. The number of hydrogen-bond acceptors (Lipinski definition) is 4. The van der Waals surface area contributed by atoms with Gasteiger partial charge in [0.2, 0.25) is 9.47 Å². The smallest absolute Gasteiger partial charge is 0.282 e. The van der Waals surface area contributed by atoms with Gasteiger partial charge < -0.3 is 5.32 Å². The third-order valence-corrected chi connectivity index (χ3v) is 3.94. The molecule has 1 N–H and O–H groups in total. The summed E-state index contributed by atoms with van der Waals surface area (Å²) in [5.41, 5.74) is 1.17. The average Bonchev–Trinajstić information content (AvgIpc) is 2.84. The fourth-order valence-corrected chi connectivity index (χ4v) is 2.80. The molecular weight excluding hydrogens is 306 g/mol. The summed E-state index contributed by atoms with van der Waals surface area (Å²) in [6.45, 7) is 6.45. The van der Waals surface area contributed by atoms with Crippen molar-refractivity contribution in [1.29, 1.82) is 0 Å². The Labute approximate surface area is 133 Å². The van der Waals surface area contributed by atoms with Gasteiger partial charge in [-0.2, -0.15) is 0 Å². The van der Waals surface area contributed by atoms with Crippen LogP contribution in [0.2, 0.25) is 4.47 Å². The summed E-state index contributed by atoms with van der Waals surface area (Å²) in [6, 6.07) is 9.87. The van der Waals surface area contributed by atoms with Crippen LogP contribution in [-0.2, 0) is 0 Å². The van der Waals surface area contributed by atoms with Gasteiger partial charge in [-0.3, -0.25) is 4.79 Å². The van der Waals surface area contributed by atoms with Crippen LogP contribution < -0.4 is 5.32 Å². The molecule has 1 atom stereocenters. The number of carbonyl (C=O) groups excluding carboxylic acids is 1. The molecule has 2 rings (SSSR count). The van der Waals surface area contributed by atoms with Crippen LogP contribution in [-0.4, -0.2) is 16.1 Å². The Bertz CT molecular complexity index is 607. The summed E-state index contributed by atoms with van der Waals surface area (Å²) >= 11 is 6.81. The van der Waals surface area contributed by atoms with Crippen molar-refractivity contribution < 1.29 is 4.79 Å². The van der Waals surface area contributed by atoms with Gasteiger partial charge in [0.25, 0.3) is 5.91 Å². The van der Waals surface area contributed by atoms with Crippen LogP contribution in [0.4, 0.5) is 0 Å². The number of rotatable bonds is 4. The van der Waals surface area contributed by atoms with Crippen molar-refractivity contribution in [2.24, 2.45) is 5.41 Å². The van der Waals surface area contributed by atoms with E-state index in [9.17, 15) is 4.79 Å². The quantitative estimate of drug-likeness (QED) is 0.921. The maximum atomic E-state index is 12.3. The van der Waals surface area contributed by atoms with E-state index in [2.05, 4.69) is 36.3 Å². The van der Waals surface area contributed by atoms with Gasteiger partial charge in [0, 0.05) is 0 Å². The molecule has 0 fully saturated rings. The zero-order valence-electron chi connectivity index (χ0n) is 12.3. The molecule has 0 saturated carbocycles. The standard InChI is InChI=1S/C15H18ClN3OS/c1-15(2,3)9-11(10-7-5-4-6-8-10)17-12(20)13-18-19-14(16)21-13/h4-8,11H,9H2,1-3H3,(H,17,20). The predicted octanol–water partition coefficient (Wildman–Crippen LogP) is 4.10. The molecule has 1 aromatic carbocycles. The number of benzene rings is 1. The minimum atomic E-state index is -0.238. The topological polar surface area (TPSA) is 54.9 Å². The Kier molecular flexibility index (Phi) is 4.96. The first-order valence-corrected chi connectivity index (χ1v) is 7.89. The lowest BCUT2D eigenvalue weighted by molar-refractivity contribution is 0.0925. The molecule has 0 radical (unpaired) electrons. The van der Waals surface area contributed by atoms with E-state index in [4.69, 9.17) is 11.6 Å². The van der Waals surface area contributed by atoms with Crippen molar-refractivity contribution in [2.75, 3.05) is 0 Å². The normalized spacial score (nSPS) is 13.0. The molecule has 2 aromatic rings. The van der Waals surface area contributed by atoms with Crippen LogP contribution in [0.1, 0.15) is 48.6 Å². The summed E-state index contributed by atoms with van der Waals surface area (Å²) < 4.78 is 0.271. The maximum absolute atomic E-state index is 12.3. The van der Waals surface area contributed by atoms with Crippen molar-refractivity contribution in [3.63, 3.8) is 0 Å². The molecule has 4 nitrogen and oxygen atoms in total. The lowest BCUT2D eigenvalue weighted by Crippen LogP contribution is -2.31. The van der Waals surface area contributed by atoms with Gasteiger partial charge in [-0.25, -0.2) is 0 Å². The third kappa shape index (κ3) is 4.79. The Morgan fingerprint density at radius 3 is 2.48 bits per heavy atom. The molecular formula is C15H18ClN3OS. The number of nitrogens with zero attached hydrogens (tertiary/aromatic N) is 2. The molecule has 112 valence electrons. The number of carbonyl (C=O) groups is 1. The number of aromatic nitrogens is 2. The molecule has 1 unspecified atom stereocenters. The van der Waals surface area contributed by atoms with Gasteiger partial charge in [-0.1, -0.05) is 62.4 Å². The fraction of sp³-hybridized carbons (Fsp3) is 0.400. The number of halogens is 1. The molecule has 0 saturated heterocycles. The first-order valence-electron chi connectivity index (χ1n) is 6.70. The van der Waals surface area contributed by atoms with E-state index >= 15 is 0 Å². The lowest BCUT2D eigenvalue weighted by atomic mass is 9.85. The van der Waals surface area contributed by atoms with Crippen molar-refractivity contribution in [1.82, 2.24) is 15.5 Å². The third-order valence-electron chi connectivity index (χ3n) is 2.92. The van der Waals surface area contributed by atoms with E-state index in [-0.39, 0.29) is 26.8 Å². The summed E-state index contributed by atoms with van der Waals surface area (Å²) in [7, 11) is 0. The molecule has 0 aliphatic rings. The Hall–Kier alpha value is -1.46. The zero-order valence-corrected chi connectivity index (χ0v) is 13.8. The fourth-order valence-electron chi connectivity index (χ4n) is 2.07. The molecule has 0 aliphatic carbocycles. The van der Waals surface area contributed by atoms with E-state index < -0.39 is 0 Å². The molecule has 0 bridgehead atoms. The van der Waals surface area contributed by atoms with Crippen molar-refractivity contribution in [3.8, 4) is 0 Å². The molecule has 1 heterocycles. The second-order valence-corrected chi connectivity index (χ2v) is 7.62. The lowest BCUT2D eigenvalue weighted by Gasteiger charge is -2.27. The highest BCUT2D eigenvalue weighted by Crippen LogP contribution is 2.29. The van der Waals surface area contributed by atoms with Gasteiger partial charge in [-0.15, -0.1) is 10.2 Å². The van der Waals surface area contributed by atoms with E-state index in [0.717, 1.165) is 23.3 Å². The highest BCUT2D eigenvalue weighted by molar-refractivity contribution is 7.17. The number of amides is 1. The van der Waals surface area contributed by atoms with Crippen molar-refractivity contribution in [2.45, 2.75) is 33.2 Å². The summed E-state index contributed by atoms with van der Waals surface area (Å²) in [5, 5.41) is 10.8. The first kappa shape index (κ1) is 15.9. The summed E-state index contributed by atoms with van der Waals surface area (Å²) in [5.74, 6) is -0.238. The van der Waals surface area contributed by atoms with Crippen LogP contribution in [0.5, 0.6) is 0 Å². The Morgan fingerprint density at radius 2 is 1.95 bits per heavy atom. The largest absolute Gasteiger partial charge is 0.343 e. The van der Waals surface area contributed by atoms with Gasteiger partial charge in [0.15, 0.2) is 0 Å². The van der Waals surface area contributed by atoms with Gasteiger partial charge in [-0.05, 0) is 29.0 Å². The van der Waals surface area contributed by atoms with Crippen molar-refractivity contribution >= 4 is 28.8 Å². The predicted molar refractivity (Wildman–Crippen MR) is 85.6 cm³/mol. The maximum Gasteiger partial charge on any atom is 0.282 e. The number of nitrogens with one attached hydrogen (secondary N) is 1. The monoisotopic (exact) mass is 323 g/mol. The molecule has 6 heteroatoms. The van der Waals surface area contributed by atoms with E-state index in [1.165, 1.54) is 0 Å². The second kappa shape index (κ2) is 6.54. The zero-order chi connectivity index (χ0) is 15.5. The van der Waals surface area contributed by atoms with E-state index in [1.807, 2.05) is 30.3 Å². The van der Waals surface area contributed by atoms with Crippen LogP contribution in [0.3, 0.4) is 0 Å². The Balaban J connectivity index is 2.18. The van der Waals surface area contributed by atoms with Gasteiger partial charge in [0.1, 0.15) is 0 Å². The molecule has 21 heavy (non-hydrogen) atoms. The van der Waals surface area contributed by atoms with Crippen LogP contribution in [0.15, 0.2) is 30.3 Å². The first-order chi connectivity index (χ1) is 9.85. The van der Waals surface area contributed by atoms with Crippen molar-refractivity contribution in [3.05, 3.63) is 45.4 Å². The highest BCUT2D eigenvalue weighted by Gasteiger charge is 2.23. The minimum Gasteiger partial charge on any atom is -0.343 e. The summed E-state index contributed by atoms with van der Waals surface area (Å²) in [4.78, 5) is 12.3. The van der Waals surface area contributed by atoms with Gasteiger partial charge in [0.05, 0.1) is 6.04 Å². The van der Waals surface area contributed by atoms with Crippen LogP contribution in [0, 0.1) is 5.41 Å². The SMILES string of the molecule is CC(C)(C)CC(NC(=O)c1nnc(Cl)s1)c1ccccc1. The number of hydrogen-bond donors (Lipinski definition) is 1. The van der Waals surface area contributed by atoms with E-state index in [0.29, 0.717) is 0 Å².